The lowest BCUT2D eigenvalue weighted by Crippen LogP contribution is -2.44. The van der Waals surface area contributed by atoms with Crippen molar-refractivity contribution in [2.24, 2.45) is 0 Å². The summed E-state index contributed by atoms with van der Waals surface area (Å²) in [5, 5.41) is 3.13. The van der Waals surface area contributed by atoms with Crippen LogP contribution in [0.1, 0.15) is 39.0 Å². The number of hydrogen-bond donors (Lipinski definition) is 1. The van der Waals surface area contributed by atoms with Crippen LogP contribution in [0.3, 0.4) is 0 Å². The van der Waals surface area contributed by atoms with Crippen LogP contribution in [0.5, 0.6) is 0 Å². The van der Waals surface area contributed by atoms with Crippen molar-refractivity contribution in [3.05, 3.63) is 0 Å². The second kappa shape index (κ2) is 5.80. The fourth-order valence-corrected chi connectivity index (χ4v) is 2.75. The molecule has 1 heterocycles. The Balaban J connectivity index is 1.91. The van der Waals surface area contributed by atoms with E-state index in [9.17, 15) is 9.59 Å². The van der Waals surface area contributed by atoms with Gasteiger partial charge >= 0.3 is 0 Å². The van der Waals surface area contributed by atoms with Gasteiger partial charge in [-0.1, -0.05) is 12.8 Å². The highest BCUT2D eigenvalue weighted by molar-refractivity contribution is 6.05. The van der Waals surface area contributed by atoms with Gasteiger partial charge in [0.15, 0.2) is 0 Å². The van der Waals surface area contributed by atoms with Crippen molar-refractivity contribution in [1.29, 1.82) is 0 Å². The van der Waals surface area contributed by atoms with Crippen LogP contribution in [0.25, 0.3) is 0 Å². The van der Waals surface area contributed by atoms with Gasteiger partial charge in [0.2, 0.25) is 11.8 Å². The second-order valence-corrected chi connectivity index (χ2v) is 5.25. The van der Waals surface area contributed by atoms with Gasteiger partial charge in [-0.25, -0.2) is 0 Å². The molecule has 0 bridgehead atoms. The summed E-state index contributed by atoms with van der Waals surface area (Å²) in [6.45, 7) is 2.53. The maximum atomic E-state index is 12.2. The number of rotatable bonds is 5. The first-order valence-corrected chi connectivity index (χ1v) is 6.75. The molecule has 2 atom stereocenters. The largest absolute Gasteiger partial charge is 0.380 e. The van der Waals surface area contributed by atoms with Gasteiger partial charge < -0.3 is 10.1 Å². The molecule has 0 aromatic carbocycles. The van der Waals surface area contributed by atoms with E-state index in [-0.39, 0.29) is 30.0 Å². The third kappa shape index (κ3) is 2.72. The summed E-state index contributed by atoms with van der Waals surface area (Å²) < 4.78 is 5.13. The van der Waals surface area contributed by atoms with Gasteiger partial charge in [0, 0.05) is 19.7 Å². The van der Waals surface area contributed by atoms with Crippen molar-refractivity contribution in [2.45, 2.75) is 57.2 Å². The maximum absolute atomic E-state index is 12.2. The van der Waals surface area contributed by atoms with Crippen LogP contribution in [0, 0.1) is 0 Å². The zero-order chi connectivity index (χ0) is 13.1. The molecule has 5 nitrogen and oxygen atoms in total. The summed E-state index contributed by atoms with van der Waals surface area (Å²) in [7, 11) is 1.64. The quantitative estimate of drug-likeness (QED) is 0.733. The van der Waals surface area contributed by atoms with E-state index in [1.54, 1.807) is 7.11 Å². The first kappa shape index (κ1) is 13.5. The van der Waals surface area contributed by atoms with Crippen LogP contribution in [0.15, 0.2) is 0 Å². The molecule has 1 N–H and O–H groups in total. The van der Waals surface area contributed by atoms with Gasteiger partial charge in [0.1, 0.15) is 0 Å². The van der Waals surface area contributed by atoms with Gasteiger partial charge in [0.25, 0.3) is 0 Å². The van der Waals surface area contributed by atoms with E-state index in [2.05, 4.69) is 5.32 Å². The molecule has 1 saturated carbocycles. The van der Waals surface area contributed by atoms with Crippen LogP contribution >= 0.6 is 0 Å². The predicted molar refractivity (Wildman–Crippen MR) is 67.0 cm³/mol. The number of carbonyl (C=O) groups is 2. The summed E-state index contributed by atoms with van der Waals surface area (Å²) >= 11 is 0. The van der Waals surface area contributed by atoms with Crippen molar-refractivity contribution >= 4 is 11.8 Å². The van der Waals surface area contributed by atoms with Gasteiger partial charge in [-0.2, -0.15) is 0 Å². The van der Waals surface area contributed by atoms with E-state index >= 15 is 0 Å². The minimum atomic E-state index is -0.351. The Morgan fingerprint density at radius 1 is 1.39 bits per heavy atom. The Bertz CT molecular complexity index is 326. The molecular formula is C13H22N2O3. The number of amides is 2. The lowest BCUT2D eigenvalue weighted by atomic mass is 10.2. The molecule has 0 spiro atoms. The summed E-state index contributed by atoms with van der Waals surface area (Å²) in [6, 6.07) is -0.202. The number of likely N-dealkylation sites (tertiary alicyclic amines) is 1. The van der Waals surface area contributed by atoms with E-state index in [1.165, 1.54) is 4.90 Å². The monoisotopic (exact) mass is 254 g/mol. The first-order valence-electron chi connectivity index (χ1n) is 6.75. The Morgan fingerprint density at radius 2 is 2.06 bits per heavy atom. The number of nitrogens with zero attached hydrogens (tertiary/aromatic N) is 1. The molecule has 2 rings (SSSR count). The molecule has 102 valence electrons. The number of imide groups is 1. The molecule has 18 heavy (non-hydrogen) atoms. The van der Waals surface area contributed by atoms with E-state index in [1.807, 2.05) is 6.92 Å². The van der Waals surface area contributed by atoms with Crippen LogP contribution < -0.4 is 5.32 Å². The minimum absolute atomic E-state index is 0.0190. The van der Waals surface area contributed by atoms with Gasteiger partial charge in [-0.15, -0.1) is 0 Å². The Labute approximate surface area is 108 Å². The van der Waals surface area contributed by atoms with Crippen LogP contribution in [-0.2, 0) is 14.3 Å². The number of methoxy groups -OCH3 is 1. The third-order valence-electron chi connectivity index (χ3n) is 3.93. The van der Waals surface area contributed by atoms with Crippen LogP contribution in [0.2, 0.25) is 0 Å². The maximum Gasteiger partial charge on any atom is 0.247 e. The molecule has 1 aliphatic heterocycles. The van der Waals surface area contributed by atoms with E-state index in [0.717, 1.165) is 25.7 Å². The molecule has 2 amide bonds. The smallest absolute Gasteiger partial charge is 0.247 e. The molecule has 1 saturated heterocycles. The van der Waals surface area contributed by atoms with Gasteiger partial charge in [-0.05, 0) is 19.8 Å². The van der Waals surface area contributed by atoms with Crippen molar-refractivity contribution in [1.82, 2.24) is 10.2 Å². The summed E-state index contributed by atoms with van der Waals surface area (Å²) in [5.41, 5.74) is 0. The topological polar surface area (TPSA) is 58.6 Å². The molecule has 0 aromatic rings. The molecule has 0 aromatic heterocycles. The first-order chi connectivity index (χ1) is 8.63. The number of carbonyl (C=O) groups excluding carboxylic acids is 2. The lowest BCUT2D eigenvalue weighted by Gasteiger charge is -2.22. The van der Waals surface area contributed by atoms with Crippen LogP contribution in [0.4, 0.5) is 0 Å². The van der Waals surface area contributed by atoms with E-state index in [4.69, 9.17) is 4.74 Å². The number of nitrogens with one attached hydrogen (secondary N) is 1. The predicted octanol–water partition coefficient (Wildman–Crippen LogP) is 0.681. The van der Waals surface area contributed by atoms with Crippen molar-refractivity contribution in [3.8, 4) is 0 Å². The summed E-state index contributed by atoms with van der Waals surface area (Å²) in [5.74, 6) is -0.0651. The average molecular weight is 254 g/mol. The fourth-order valence-electron chi connectivity index (χ4n) is 2.75. The molecular weight excluding hydrogens is 232 g/mol. The normalized spacial score (nSPS) is 27.2. The second-order valence-electron chi connectivity index (χ2n) is 5.25. The molecule has 2 unspecified atom stereocenters. The van der Waals surface area contributed by atoms with Gasteiger partial charge in [0.05, 0.1) is 18.6 Å². The molecule has 2 aliphatic rings. The average Bonchev–Trinajstić information content (AvgIpc) is 2.95. The Morgan fingerprint density at radius 3 is 2.67 bits per heavy atom. The molecule has 0 radical (unpaired) electrons. The van der Waals surface area contributed by atoms with E-state index in [0.29, 0.717) is 13.0 Å². The summed E-state index contributed by atoms with van der Waals surface area (Å²) in [6.07, 6.45) is 4.54. The lowest BCUT2D eigenvalue weighted by molar-refractivity contribution is -0.141. The number of ether oxygens (including phenoxy) is 1. The van der Waals surface area contributed by atoms with Crippen molar-refractivity contribution in [2.75, 3.05) is 13.7 Å². The van der Waals surface area contributed by atoms with Crippen molar-refractivity contribution < 1.29 is 14.3 Å². The highest BCUT2D eigenvalue weighted by Gasteiger charge is 2.42. The fraction of sp³-hybridized carbons (Fsp3) is 0.846. The van der Waals surface area contributed by atoms with Gasteiger partial charge in [-0.3, -0.25) is 14.5 Å². The van der Waals surface area contributed by atoms with Crippen molar-refractivity contribution in [3.63, 3.8) is 0 Å². The highest BCUT2D eigenvalue weighted by atomic mass is 16.5. The Kier molecular flexibility index (Phi) is 4.35. The Hall–Kier alpha value is -0.940. The van der Waals surface area contributed by atoms with E-state index < -0.39 is 0 Å². The van der Waals surface area contributed by atoms with Crippen LogP contribution in [-0.4, -0.2) is 48.6 Å². The minimum Gasteiger partial charge on any atom is -0.380 e. The SMILES string of the molecule is COC(C)CNC1CC(=O)N(C2CCCC2)C1=O. The molecule has 5 heteroatoms. The molecule has 2 fully saturated rings. The summed E-state index contributed by atoms with van der Waals surface area (Å²) in [4.78, 5) is 25.6. The highest BCUT2D eigenvalue weighted by Crippen LogP contribution is 2.28. The number of hydrogen-bond acceptors (Lipinski definition) is 4. The zero-order valence-electron chi connectivity index (χ0n) is 11.1. The zero-order valence-corrected chi connectivity index (χ0v) is 11.1. The molecule has 1 aliphatic carbocycles. The third-order valence-corrected chi connectivity index (χ3v) is 3.93. The standard InChI is InChI=1S/C13H22N2O3/c1-9(18-2)8-14-11-7-12(16)15(13(11)17)10-5-3-4-6-10/h9-11,14H,3-8H2,1-2H3.